The first-order chi connectivity index (χ1) is 48.7. The molecule has 3 fully saturated rings. The number of fused-ring (bicyclic) bond motifs is 5. The Bertz CT molecular complexity index is 3420. The Hall–Kier alpha value is -10.0. The molecule has 103 heavy (non-hydrogen) atoms. The standard InChI is InChI=1S/C67H94N14O22/c1-39(82)67(102)20-18-51-50-12-6-42-28-45(11-13-48(42)49(50)14-15-52(51)67)75-103-25-19-58(87)74-53(64(98)73-44-9-4-41(5-10-44)27-47(80(33-56(70)85)38-63(96)97)30-77(35-60(90)91)23-24-81(65(71)99)66(100)101)16-17-57(86)72-43-7-2-40(3-8-43)26-46(79(32-55(69)84)37-62(94)95)29-76(34-59(88)89)21-22-78(31-54(68)83)36-61(92)93/h2-5,7-10,28,46-53,102H,6,11-27,29-38H2,1H3,(H2,68,83)(H2,69,84)(H2,70,85)(H2,71,99)(H,72,86)(H,73,98)(H,74,87)(H,88,89)(H,90,91)(H,92,93)(H,94,95)(H,96,97)(H,100,101). The molecule has 4 aliphatic rings. The van der Waals surface area contributed by atoms with Gasteiger partial charge >= 0.3 is 42.0 Å². The number of benzene rings is 2. The maximum absolute atomic E-state index is 14.3. The quantitative estimate of drug-likeness (QED) is 0.0281. The van der Waals surface area contributed by atoms with E-state index >= 15 is 0 Å². The van der Waals surface area contributed by atoms with Gasteiger partial charge in [0.25, 0.3) is 0 Å². The molecule has 9 unspecified atom stereocenters. The molecule has 0 radical (unpaired) electrons. The van der Waals surface area contributed by atoms with Crippen LogP contribution >= 0.6 is 0 Å². The molecule has 3 saturated carbocycles. The summed E-state index contributed by atoms with van der Waals surface area (Å²) >= 11 is 0. The van der Waals surface area contributed by atoms with Crippen LogP contribution in [0.4, 0.5) is 21.0 Å². The number of carbonyl (C=O) groups is 14. The number of anilines is 2. The number of allylic oxidation sites excluding steroid dienone is 2. The number of carboxylic acids is 5. The first kappa shape index (κ1) is 82.0. The SMILES string of the molecule is CC(=O)C1(O)CCC2C3CCC4=CC(=NOCCC(=O)NC(CCC(=O)Nc5ccc(CC(CN(CCN(CC(N)=O)CC(=O)O)CC(=O)O)N(CC(N)=O)CC(=O)O)cc5)C(=O)Nc5ccc(CC(CN(CCN(C(N)=O)C(=O)O)CC(=O)O)N(CC(N)=O)CC(=O)O)cc5)CCC4C3CCC21. The minimum Gasteiger partial charge on any atom is -0.480 e. The molecule has 6 rings (SSSR count). The molecule has 0 heterocycles. The number of aliphatic carboxylic acids is 5. The third kappa shape index (κ3) is 26.1. The van der Waals surface area contributed by atoms with Crippen LogP contribution < -0.4 is 38.9 Å². The number of amides is 9. The van der Waals surface area contributed by atoms with Gasteiger partial charge in [0.05, 0.1) is 64.5 Å². The lowest BCUT2D eigenvalue weighted by Gasteiger charge is -2.50. The summed E-state index contributed by atoms with van der Waals surface area (Å²) in [7, 11) is 0. The maximum Gasteiger partial charge on any atom is 0.415 e. The Kier molecular flexibility index (Phi) is 30.9. The monoisotopic (exact) mass is 1450 g/mol. The summed E-state index contributed by atoms with van der Waals surface area (Å²) in [5.41, 5.74) is 23.7. The third-order valence-corrected chi connectivity index (χ3v) is 19.3. The van der Waals surface area contributed by atoms with Gasteiger partial charge < -0.3 is 79.5 Å². The van der Waals surface area contributed by atoms with E-state index in [-0.39, 0.29) is 99.4 Å². The van der Waals surface area contributed by atoms with Crippen molar-refractivity contribution in [2.24, 2.45) is 57.7 Å². The highest BCUT2D eigenvalue weighted by Gasteiger charge is 2.57. The van der Waals surface area contributed by atoms with E-state index in [0.717, 1.165) is 38.5 Å². The van der Waals surface area contributed by atoms with Crippen LogP contribution in [-0.2, 0) is 75.2 Å². The molecular formula is C67H94N14O22. The molecule has 0 aliphatic heterocycles. The van der Waals surface area contributed by atoms with Crippen molar-refractivity contribution in [2.45, 2.75) is 114 Å². The molecule has 0 saturated heterocycles. The smallest absolute Gasteiger partial charge is 0.415 e. The van der Waals surface area contributed by atoms with E-state index in [9.17, 15) is 103 Å². The molecular weight excluding hydrogens is 1350 g/mol. The van der Waals surface area contributed by atoms with Crippen molar-refractivity contribution in [1.82, 2.24) is 34.7 Å². The van der Waals surface area contributed by atoms with Crippen molar-refractivity contribution < 1.29 is 108 Å². The van der Waals surface area contributed by atoms with Crippen LogP contribution in [0.25, 0.3) is 0 Å². The van der Waals surface area contributed by atoms with Gasteiger partial charge in [0.2, 0.25) is 35.4 Å². The first-order valence-electron chi connectivity index (χ1n) is 33.8. The van der Waals surface area contributed by atoms with Gasteiger partial charge in [0.1, 0.15) is 18.2 Å². The van der Waals surface area contributed by atoms with Crippen LogP contribution in [0.15, 0.2) is 65.3 Å². The number of nitrogens with one attached hydrogen (secondary N) is 3. The Morgan fingerprint density at radius 2 is 1.06 bits per heavy atom. The second-order valence-corrected chi connectivity index (χ2v) is 26.7. The summed E-state index contributed by atoms with van der Waals surface area (Å²) in [6, 6.07) is 7.50. The first-order valence-corrected chi connectivity index (χ1v) is 33.8. The van der Waals surface area contributed by atoms with Gasteiger partial charge in [0, 0.05) is 69.1 Å². The topological polar surface area (TPSA) is 562 Å². The maximum atomic E-state index is 14.3. The van der Waals surface area contributed by atoms with Gasteiger partial charge in [-0.05, 0) is 149 Å². The molecule has 18 N–H and O–H groups in total. The lowest BCUT2D eigenvalue weighted by molar-refractivity contribution is -0.143. The third-order valence-electron chi connectivity index (χ3n) is 19.3. The second kappa shape index (κ2) is 38.9. The average Bonchev–Trinajstić information content (AvgIpc) is 1.59. The molecule has 2 aromatic rings. The van der Waals surface area contributed by atoms with E-state index in [1.165, 1.54) is 73.4 Å². The fourth-order valence-electron chi connectivity index (χ4n) is 14.8. The van der Waals surface area contributed by atoms with Crippen LogP contribution in [0.1, 0.15) is 88.7 Å². The highest BCUT2D eigenvalue weighted by Crippen LogP contribution is 2.59. The molecule has 0 bridgehead atoms. The zero-order valence-corrected chi connectivity index (χ0v) is 57.3. The van der Waals surface area contributed by atoms with Gasteiger partial charge in [-0.15, -0.1) is 0 Å². The number of nitrogens with two attached hydrogens (primary N) is 4. The van der Waals surface area contributed by atoms with Crippen molar-refractivity contribution in [2.75, 3.05) is 109 Å². The molecule has 9 amide bonds. The van der Waals surface area contributed by atoms with Crippen molar-refractivity contribution in [1.29, 1.82) is 0 Å². The van der Waals surface area contributed by atoms with Crippen LogP contribution in [0, 0.1) is 29.6 Å². The summed E-state index contributed by atoms with van der Waals surface area (Å²) in [5, 5.41) is 81.9. The van der Waals surface area contributed by atoms with E-state index in [1.807, 2.05) is 0 Å². The van der Waals surface area contributed by atoms with Crippen molar-refractivity contribution in [3.05, 3.63) is 71.3 Å². The number of aliphatic hydroxyl groups is 1. The molecule has 9 atom stereocenters. The van der Waals surface area contributed by atoms with Crippen molar-refractivity contribution >= 4 is 100 Å². The molecule has 2 aromatic carbocycles. The number of rotatable bonds is 44. The second-order valence-electron chi connectivity index (χ2n) is 26.7. The number of carbonyl (C=O) groups excluding carboxylic acids is 8. The number of urea groups is 1. The molecule has 36 heteroatoms. The summed E-state index contributed by atoms with van der Waals surface area (Å²) < 4.78 is 0. The molecule has 36 nitrogen and oxygen atoms in total. The number of nitrogens with zero attached hydrogens (tertiary/aromatic N) is 7. The highest BCUT2D eigenvalue weighted by molar-refractivity contribution is 5.99. The van der Waals surface area contributed by atoms with E-state index in [1.54, 1.807) is 12.1 Å². The number of primary amides is 4. The lowest BCUT2D eigenvalue weighted by Crippen LogP contribution is -2.52. The zero-order valence-electron chi connectivity index (χ0n) is 57.3. The predicted molar refractivity (Wildman–Crippen MR) is 365 cm³/mol. The van der Waals surface area contributed by atoms with E-state index in [4.69, 9.17) is 27.8 Å². The molecule has 564 valence electrons. The van der Waals surface area contributed by atoms with E-state index in [2.05, 4.69) is 27.2 Å². The summed E-state index contributed by atoms with van der Waals surface area (Å²) in [5.74, 6) is -10.0. The van der Waals surface area contributed by atoms with Gasteiger partial charge in [-0.1, -0.05) is 35.0 Å². The Balaban J connectivity index is 1.17. The Labute approximate surface area is 592 Å². The van der Waals surface area contributed by atoms with Gasteiger partial charge in [-0.2, -0.15) is 0 Å². The molecule has 4 aliphatic carbocycles. The normalized spacial score (nSPS) is 20.3. The fourth-order valence-corrected chi connectivity index (χ4v) is 14.8. The average molecular weight is 1450 g/mol. The number of hydrogen-bond acceptors (Lipinski definition) is 22. The van der Waals surface area contributed by atoms with Crippen LogP contribution in [0.3, 0.4) is 0 Å². The Morgan fingerprint density at radius 3 is 1.55 bits per heavy atom. The van der Waals surface area contributed by atoms with Gasteiger partial charge in [-0.25, -0.2) is 14.5 Å². The lowest BCUT2D eigenvalue weighted by atomic mass is 9.55. The van der Waals surface area contributed by atoms with E-state index in [0.29, 0.717) is 53.4 Å². The van der Waals surface area contributed by atoms with E-state index < -0.39 is 160 Å². The molecule has 0 spiro atoms. The number of hydrogen-bond donors (Lipinski definition) is 14. The predicted octanol–water partition coefficient (Wildman–Crippen LogP) is -0.936. The van der Waals surface area contributed by atoms with Gasteiger partial charge in [0.15, 0.2) is 5.78 Å². The number of imide groups is 1. The summed E-state index contributed by atoms with van der Waals surface area (Å²) in [4.78, 5) is 186. The number of oxime groups is 1. The van der Waals surface area contributed by atoms with Crippen molar-refractivity contribution in [3.8, 4) is 0 Å². The number of carboxylic acid groups (broad SMARTS) is 6. The zero-order chi connectivity index (χ0) is 75.8. The minimum absolute atomic E-state index is 0.0155. The largest absolute Gasteiger partial charge is 0.480 e. The molecule has 0 aromatic heterocycles. The number of Topliss-reactive ketones (excluding diaryl/α,β-unsaturated/α-hetero) is 1. The van der Waals surface area contributed by atoms with Crippen LogP contribution in [-0.4, -0.2) is 276 Å². The van der Waals surface area contributed by atoms with Crippen molar-refractivity contribution in [3.63, 3.8) is 0 Å². The Morgan fingerprint density at radius 1 is 0.553 bits per heavy atom. The minimum atomic E-state index is -1.71. The van der Waals surface area contributed by atoms with Gasteiger partial charge in [-0.3, -0.25) is 82.0 Å². The summed E-state index contributed by atoms with van der Waals surface area (Å²) in [6.45, 7) is -5.45. The highest BCUT2D eigenvalue weighted by atomic mass is 16.6. The number of ketones is 1. The van der Waals surface area contributed by atoms with Crippen LogP contribution in [0.2, 0.25) is 0 Å². The fraction of sp³-hybridized carbons (Fsp3) is 0.567. The summed E-state index contributed by atoms with van der Waals surface area (Å²) in [6.07, 6.45) is 5.71. The van der Waals surface area contributed by atoms with Crippen LogP contribution in [0.5, 0.6) is 0 Å².